The van der Waals surface area contributed by atoms with Crippen molar-refractivity contribution in [3.8, 4) is 0 Å². The van der Waals surface area contributed by atoms with Crippen molar-refractivity contribution < 1.29 is 0 Å². The molecule has 1 heterocycles. The Morgan fingerprint density at radius 2 is 2.25 bits per heavy atom. The van der Waals surface area contributed by atoms with E-state index in [9.17, 15) is 0 Å². The number of halogens is 1. The van der Waals surface area contributed by atoms with Crippen LogP contribution in [0.25, 0.3) is 0 Å². The number of aromatic nitrogens is 1. The van der Waals surface area contributed by atoms with E-state index in [0.29, 0.717) is 12.1 Å². The lowest BCUT2D eigenvalue weighted by Crippen LogP contribution is -2.46. The zero-order valence-electron chi connectivity index (χ0n) is 9.32. The fourth-order valence-corrected chi connectivity index (χ4v) is 2.63. The molecule has 1 aliphatic carbocycles. The number of nitrogens with one attached hydrogen (secondary N) is 1. The molecule has 0 spiro atoms. The molecule has 1 aromatic heterocycles. The highest BCUT2D eigenvalue weighted by atomic mass is 79.9. The summed E-state index contributed by atoms with van der Waals surface area (Å²) in [6, 6.07) is 4.87. The first-order valence-corrected chi connectivity index (χ1v) is 6.64. The van der Waals surface area contributed by atoms with Gasteiger partial charge in [-0.3, -0.25) is 0 Å². The third-order valence-corrected chi connectivity index (χ3v) is 3.61. The fraction of sp³-hybridized carbons (Fsp3) is 0.583. The van der Waals surface area contributed by atoms with E-state index in [-0.39, 0.29) is 0 Å². The molecule has 16 heavy (non-hydrogen) atoms. The molecular weight excluding hydrogens is 266 g/mol. The van der Waals surface area contributed by atoms with Gasteiger partial charge in [-0.1, -0.05) is 12.8 Å². The number of rotatable bonds is 3. The zero-order chi connectivity index (χ0) is 11.4. The third-order valence-electron chi connectivity index (χ3n) is 3.18. The molecule has 1 fully saturated rings. The van der Waals surface area contributed by atoms with Crippen molar-refractivity contribution in [3.05, 3.63) is 28.5 Å². The molecule has 2 atom stereocenters. The molecule has 0 saturated heterocycles. The Morgan fingerprint density at radius 1 is 1.44 bits per heavy atom. The van der Waals surface area contributed by atoms with Crippen LogP contribution in [-0.2, 0) is 6.54 Å². The van der Waals surface area contributed by atoms with Gasteiger partial charge in [-0.05, 0) is 46.5 Å². The monoisotopic (exact) mass is 283 g/mol. The van der Waals surface area contributed by atoms with Crippen LogP contribution < -0.4 is 11.1 Å². The van der Waals surface area contributed by atoms with Gasteiger partial charge in [0.2, 0.25) is 0 Å². The van der Waals surface area contributed by atoms with Crippen LogP contribution in [-0.4, -0.2) is 17.1 Å². The number of nitrogens with two attached hydrogens (primary N) is 1. The summed E-state index contributed by atoms with van der Waals surface area (Å²) in [7, 11) is 0. The highest BCUT2D eigenvalue weighted by Crippen LogP contribution is 2.17. The second kappa shape index (κ2) is 5.75. The summed E-state index contributed by atoms with van der Waals surface area (Å²) in [4.78, 5) is 4.11. The summed E-state index contributed by atoms with van der Waals surface area (Å²) >= 11 is 3.38. The van der Waals surface area contributed by atoms with Gasteiger partial charge in [-0.15, -0.1) is 0 Å². The number of hydrogen-bond donors (Lipinski definition) is 2. The Hall–Kier alpha value is -0.450. The Labute approximate surface area is 105 Å². The van der Waals surface area contributed by atoms with Gasteiger partial charge < -0.3 is 11.1 Å². The van der Waals surface area contributed by atoms with Gasteiger partial charge in [-0.2, -0.15) is 0 Å². The van der Waals surface area contributed by atoms with Gasteiger partial charge in [-0.25, -0.2) is 4.98 Å². The average Bonchev–Trinajstić information content (AvgIpc) is 2.28. The average molecular weight is 284 g/mol. The minimum Gasteiger partial charge on any atom is -0.326 e. The molecule has 0 radical (unpaired) electrons. The Morgan fingerprint density at radius 3 is 3.00 bits per heavy atom. The van der Waals surface area contributed by atoms with E-state index < -0.39 is 0 Å². The van der Waals surface area contributed by atoms with Crippen LogP contribution >= 0.6 is 15.9 Å². The van der Waals surface area contributed by atoms with Gasteiger partial charge in [0, 0.05) is 24.8 Å². The summed E-state index contributed by atoms with van der Waals surface area (Å²) in [5.41, 5.74) is 7.34. The van der Waals surface area contributed by atoms with E-state index in [0.717, 1.165) is 17.6 Å². The molecule has 4 heteroatoms. The van der Waals surface area contributed by atoms with Gasteiger partial charge in [0.25, 0.3) is 0 Å². The van der Waals surface area contributed by atoms with Gasteiger partial charge in [0.1, 0.15) is 4.60 Å². The predicted molar refractivity (Wildman–Crippen MR) is 69.0 cm³/mol. The van der Waals surface area contributed by atoms with Crippen molar-refractivity contribution in [2.45, 2.75) is 44.3 Å². The number of nitrogens with zero attached hydrogens (tertiary/aromatic N) is 1. The smallest absolute Gasteiger partial charge is 0.106 e. The lowest BCUT2D eigenvalue weighted by Gasteiger charge is -2.29. The van der Waals surface area contributed by atoms with Crippen molar-refractivity contribution in [3.63, 3.8) is 0 Å². The van der Waals surface area contributed by atoms with E-state index in [4.69, 9.17) is 5.73 Å². The van der Waals surface area contributed by atoms with Crippen molar-refractivity contribution in [2.24, 2.45) is 5.73 Å². The van der Waals surface area contributed by atoms with Crippen molar-refractivity contribution >= 4 is 15.9 Å². The maximum absolute atomic E-state index is 6.09. The summed E-state index contributed by atoms with van der Waals surface area (Å²) in [5.74, 6) is 0. The molecule has 3 nitrogen and oxygen atoms in total. The van der Waals surface area contributed by atoms with Crippen LogP contribution in [0, 0.1) is 0 Å². The molecule has 3 N–H and O–H groups in total. The Balaban J connectivity index is 1.86. The Kier molecular flexibility index (Phi) is 4.32. The van der Waals surface area contributed by atoms with Crippen LogP contribution in [0.2, 0.25) is 0 Å². The van der Waals surface area contributed by atoms with Gasteiger partial charge >= 0.3 is 0 Å². The molecular formula is C12H18BrN3. The SMILES string of the molecule is N[C@H]1CCCC[C@@H]1NCc1ccnc(Br)c1. The van der Waals surface area contributed by atoms with E-state index in [1.165, 1.54) is 24.8 Å². The summed E-state index contributed by atoms with van der Waals surface area (Å²) in [6.07, 6.45) is 6.75. The van der Waals surface area contributed by atoms with E-state index in [2.05, 4.69) is 26.2 Å². The van der Waals surface area contributed by atoms with Crippen LogP contribution in [0.15, 0.2) is 22.9 Å². The summed E-state index contributed by atoms with van der Waals surface area (Å²) in [5, 5.41) is 3.54. The van der Waals surface area contributed by atoms with Crippen LogP contribution in [0.4, 0.5) is 0 Å². The third kappa shape index (κ3) is 3.27. The normalized spacial score (nSPS) is 25.6. The predicted octanol–water partition coefficient (Wildman–Crippen LogP) is 2.20. The van der Waals surface area contributed by atoms with Gasteiger partial charge in [0.15, 0.2) is 0 Å². The van der Waals surface area contributed by atoms with Crippen LogP contribution in [0.3, 0.4) is 0 Å². The highest BCUT2D eigenvalue weighted by Gasteiger charge is 2.20. The van der Waals surface area contributed by atoms with Gasteiger partial charge in [0.05, 0.1) is 0 Å². The lowest BCUT2D eigenvalue weighted by atomic mass is 9.91. The maximum atomic E-state index is 6.09. The van der Waals surface area contributed by atoms with Crippen molar-refractivity contribution in [1.29, 1.82) is 0 Å². The second-order valence-electron chi connectivity index (χ2n) is 4.42. The molecule has 0 unspecified atom stereocenters. The van der Waals surface area contributed by atoms with E-state index in [1.54, 1.807) is 0 Å². The van der Waals surface area contributed by atoms with Crippen molar-refractivity contribution in [1.82, 2.24) is 10.3 Å². The molecule has 0 bridgehead atoms. The first-order valence-electron chi connectivity index (χ1n) is 5.85. The highest BCUT2D eigenvalue weighted by molar-refractivity contribution is 9.10. The molecule has 1 saturated carbocycles. The summed E-state index contributed by atoms with van der Waals surface area (Å²) in [6.45, 7) is 0.874. The quantitative estimate of drug-likeness (QED) is 0.837. The molecule has 0 aromatic carbocycles. The minimum atomic E-state index is 0.319. The lowest BCUT2D eigenvalue weighted by molar-refractivity contribution is 0.326. The molecule has 1 aliphatic rings. The summed E-state index contributed by atoms with van der Waals surface area (Å²) < 4.78 is 0.889. The zero-order valence-corrected chi connectivity index (χ0v) is 10.9. The molecule has 0 aliphatic heterocycles. The number of hydrogen-bond acceptors (Lipinski definition) is 3. The minimum absolute atomic E-state index is 0.319. The Bertz CT molecular complexity index is 343. The standard InChI is InChI=1S/C12H18BrN3/c13-12-7-9(5-6-15-12)8-16-11-4-2-1-3-10(11)14/h5-7,10-11,16H,1-4,8,14H2/t10-,11-/m0/s1. The second-order valence-corrected chi connectivity index (χ2v) is 5.23. The maximum Gasteiger partial charge on any atom is 0.106 e. The molecule has 0 amide bonds. The largest absolute Gasteiger partial charge is 0.326 e. The van der Waals surface area contributed by atoms with Crippen molar-refractivity contribution in [2.75, 3.05) is 0 Å². The molecule has 1 aromatic rings. The van der Waals surface area contributed by atoms with E-state index >= 15 is 0 Å². The first kappa shape index (κ1) is 12.0. The van der Waals surface area contributed by atoms with Crippen LogP contribution in [0.1, 0.15) is 31.2 Å². The topological polar surface area (TPSA) is 50.9 Å². The molecule has 2 rings (SSSR count). The van der Waals surface area contributed by atoms with Crippen LogP contribution in [0.5, 0.6) is 0 Å². The number of pyridine rings is 1. The first-order chi connectivity index (χ1) is 7.75. The van der Waals surface area contributed by atoms with E-state index in [1.807, 2.05) is 18.3 Å². The molecule has 88 valence electrons. The fourth-order valence-electron chi connectivity index (χ4n) is 2.21.